The van der Waals surface area contributed by atoms with Crippen LogP contribution in [0.5, 0.6) is 0 Å². The van der Waals surface area contributed by atoms with Crippen molar-refractivity contribution in [3.8, 4) is 0 Å². The molecule has 0 aromatic carbocycles. The Bertz CT molecular complexity index is 404. The van der Waals surface area contributed by atoms with Crippen molar-refractivity contribution in [1.29, 1.82) is 0 Å². The predicted molar refractivity (Wildman–Crippen MR) is 55.4 cm³/mol. The summed E-state index contributed by atoms with van der Waals surface area (Å²) in [4.78, 5) is 11.8. The molecule has 1 amide bonds. The third-order valence-corrected chi connectivity index (χ3v) is 2.50. The van der Waals surface area contributed by atoms with Crippen LogP contribution in [0.25, 0.3) is 0 Å². The Morgan fingerprint density at radius 3 is 2.80 bits per heavy atom. The van der Waals surface area contributed by atoms with Crippen LogP contribution in [0, 0.1) is 13.8 Å². The molecule has 15 heavy (non-hydrogen) atoms. The predicted octanol–water partition coefficient (Wildman–Crippen LogP) is -0.0772. The van der Waals surface area contributed by atoms with Crippen LogP contribution in [-0.2, 0) is 0 Å². The van der Waals surface area contributed by atoms with Gasteiger partial charge in [-0.1, -0.05) is 0 Å². The van der Waals surface area contributed by atoms with Crippen LogP contribution in [-0.4, -0.2) is 28.2 Å². The summed E-state index contributed by atoms with van der Waals surface area (Å²) in [7, 11) is 0. The van der Waals surface area contributed by atoms with E-state index in [1.807, 2.05) is 6.92 Å². The molecule has 1 aromatic rings. The van der Waals surface area contributed by atoms with E-state index in [0.29, 0.717) is 11.3 Å². The van der Waals surface area contributed by atoms with E-state index in [0.717, 1.165) is 12.1 Å². The van der Waals surface area contributed by atoms with Gasteiger partial charge >= 0.3 is 0 Å². The molecule has 0 saturated heterocycles. The minimum atomic E-state index is -0.108. The highest BCUT2D eigenvalue weighted by Gasteiger charge is 2.35. The van der Waals surface area contributed by atoms with Gasteiger partial charge < -0.3 is 11.1 Å². The summed E-state index contributed by atoms with van der Waals surface area (Å²) in [5, 5.41) is 10.6. The number of aromatic nitrogens is 2. The fourth-order valence-corrected chi connectivity index (χ4v) is 1.41. The van der Waals surface area contributed by atoms with E-state index in [1.165, 1.54) is 0 Å². The molecule has 5 nitrogen and oxygen atoms in total. The Balaban J connectivity index is 2.14. The number of carbonyl (C=O) groups excluding carboxylic acids is 1. The third kappa shape index (κ3) is 2.12. The van der Waals surface area contributed by atoms with Gasteiger partial charge in [-0.15, -0.1) is 0 Å². The van der Waals surface area contributed by atoms with E-state index in [-0.39, 0.29) is 18.0 Å². The highest BCUT2D eigenvalue weighted by molar-refractivity contribution is 5.95. The topological polar surface area (TPSA) is 80.9 Å². The molecule has 1 fully saturated rings. The summed E-state index contributed by atoms with van der Waals surface area (Å²) in [6.07, 6.45) is 0.863. The molecule has 1 aromatic heterocycles. The molecule has 2 rings (SSSR count). The van der Waals surface area contributed by atoms with Gasteiger partial charge in [-0.2, -0.15) is 10.2 Å². The molecule has 1 aliphatic rings. The molecule has 1 heterocycles. The highest BCUT2D eigenvalue weighted by Crippen LogP contribution is 2.18. The largest absolute Gasteiger partial charge is 0.348 e. The van der Waals surface area contributed by atoms with Crippen molar-refractivity contribution in [1.82, 2.24) is 15.5 Å². The van der Waals surface area contributed by atoms with Crippen molar-refractivity contribution in [2.45, 2.75) is 32.4 Å². The third-order valence-electron chi connectivity index (χ3n) is 2.50. The van der Waals surface area contributed by atoms with Crippen molar-refractivity contribution < 1.29 is 4.79 Å². The zero-order valence-electron chi connectivity index (χ0n) is 8.82. The molecule has 1 aliphatic carbocycles. The number of rotatable bonds is 2. The van der Waals surface area contributed by atoms with Gasteiger partial charge in [0.25, 0.3) is 5.91 Å². The Kier molecular flexibility index (Phi) is 2.40. The van der Waals surface area contributed by atoms with E-state index in [4.69, 9.17) is 5.73 Å². The standard InChI is InChI=1S/C10H14N4O/c1-5-3-7(6(2)14-13-5)10(15)12-9-4-8(9)11/h3,8-9H,4,11H2,1-2H3,(H,12,15). The fraction of sp³-hybridized carbons (Fsp3) is 0.500. The molecule has 0 spiro atoms. The molecule has 3 N–H and O–H groups in total. The van der Waals surface area contributed by atoms with E-state index in [9.17, 15) is 4.79 Å². The SMILES string of the molecule is Cc1cc(C(=O)NC2CC2N)c(C)nn1. The monoisotopic (exact) mass is 206 g/mol. The number of carbonyl (C=O) groups is 1. The van der Waals surface area contributed by atoms with Gasteiger partial charge in [0.05, 0.1) is 17.0 Å². The number of nitrogens with zero attached hydrogens (tertiary/aromatic N) is 2. The van der Waals surface area contributed by atoms with Gasteiger partial charge in [0.15, 0.2) is 0 Å². The first-order chi connectivity index (χ1) is 7.08. The van der Waals surface area contributed by atoms with Crippen LogP contribution < -0.4 is 11.1 Å². The number of hydrogen-bond acceptors (Lipinski definition) is 4. The summed E-state index contributed by atoms with van der Waals surface area (Å²) in [5.74, 6) is -0.108. The van der Waals surface area contributed by atoms with Crippen molar-refractivity contribution in [2.75, 3.05) is 0 Å². The van der Waals surface area contributed by atoms with E-state index < -0.39 is 0 Å². The fourth-order valence-electron chi connectivity index (χ4n) is 1.41. The second kappa shape index (κ2) is 3.58. The quantitative estimate of drug-likeness (QED) is 0.709. The first-order valence-electron chi connectivity index (χ1n) is 4.95. The lowest BCUT2D eigenvalue weighted by atomic mass is 10.2. The Labute approximate surface area is 88.1 Å². The van der Waals surface area contributed by atoms with Gasteiger partial charge in [0.2, 0.25) is 0 Å². The Morgan fingerprint density at radius 2 is 2.20 bits per heavy atom. The summed E-state index contributed by atoms with van der Waals surface area (Å²) < 4.78 is 0. The number of nitrogens with two attached hydrogens (primary N) is 1. The maximum atomic E-state index is 11.8. The second-order valence-corrected chi connectivity index (χ2v) is 3.96. The minimum Gasteiger partial charge on any atom is -0.348 e. The van der Waals surface area contributed by atoms with Gasteiger partial charge in [-0.05, 0) is 26.3 Å². The summed E-state index contributed by atoms with van der Waals surface area (Å²) in [6.45, 7) is 3.58. The smallest absolute Gasteiger partial charge is 0.253 e. The number of amides is 1. The number of aryl methyl sites for hydroxylation is 2. The first kappa shape index (κ1) is 10.0. The van der Waals surface area contributed by atoms with Crippen molar-refractivity contribution in [3.63, 3.8) is 0 Å². The lowest BCUT2D eigenvalue weighted by molar-refractivity contribution is 0.0949. The van der Waals surface area contributed by atoms with Crippen molar-refractivity contribution in [2.24, 2.45) is 5.73 Å². The lowest BCUT2D eigenvalue weighted by Crippen LogP contribution is -2.30. The first-order valence-corrected chi connectivity index (χ1v) is 4.95. The van der Waals surface area contributed by atoms with Crippen LogP contribution in [0.2, 0.25) is 0 Å². The zero-order valence-corrected chi connectivity index (χ0v) is 8.82. The Hall–Kier alpha value is -1.49. The van der Waals surface area contributed by atoms with Gasteiger partial charge in [0, 0.05) is 12.1 Å². The molecule has 5 heteroatoms. The average molecular weight is 206 g/mol. The normalized spacial score (nSPS) is 23.7. The van der Waals surface area contributed by atoms with Crippen LogP contribution in [0.15, 0.2) is 6.07 Å². The molecule has 0 aliphatic heterocycles. The van der Waals surface area contributed by atoms with Crippen LogP contribution in [0.1, 0.15) is 28.2 Å². The Morgan fingerprint density at radius 1 is 1.53 bits per heavy atom. The van der Waals surface area contributed by atoms with Crippen molar-refractivity contribution >= 4 is 5.91 Å². The van der Waals surface area contributed by atoms with E-state index in [2.05, 4.69) is 15.5 Å². The zero-order chi connectivity index (χ0) is 11.0. The molecule has 80 valence electrons. The molecule has 0 bridgehead atoms. The van der Waals surface area contributed by atoms with Crippen LogP contribution in [0.4, 0.5) is 0 Å². The second-order valence-electron chi connectivity index (χ2n) is 3.96. The minimum absolute atomic E-state index is 0.108. The maximum absolute atomic E-state index is 11.8. The number of hydrogen-bond donors (Lipinski definition) is 2. The lowest BCUT2D eigenvalue weighted by Gasteiger charge is -2.06. The van der Waals surface area contributed by atoms with Gasteiger partial charge in [0.1, 0.15) is 0 Å². The molecule has 2 unspecified atom stereocenters. The highest BCUT2D eigenvalue weighted by atomic mass is 16.1. The number of nitrogens with one attached hydrogen (secondary N) is 1. The molecular formula is C10H14N4O. The van der Waals surface area contributed by atoms with Crippen LogP contribution in [0.3, 0.4) is 0 Å². The molecule has 0 radical (unpaired) electrons. The molecule has 2 atom stereocenters. The summed E-state index contributed by atoms with van der Waals surface area (Å²) >= 11 is 0. The van der Waals surface area contributed by atoms with E-state index >= 15 is 0 Å². The van der Waals surface area contributed by atoms with Crippen LogP contribution >= 0.6 is 0 Å². The van der Waals surface area contributed by atoms with Gasteiger partial charge in [-0.25, -0.2) is 0 Å². The average Bonchev–Trinajstić information content (AvgIpc) is 2.86. The summed E-state index contributed by atoms with van der Waals surface area (Å²) in [5.41, 5.74) is 7.59. The molecule has 1 saturated carbocycles. The molecular weight excluding hydrogens is 192 g/mol. The van der Waals surface area contributed by atoms with Crippen molar-refractivity contribution in [3.05, 3.63) is 23.0 Å². The van der Waals surface area contributed by atoms with Gasteiger partial charge in [-0.3, -0.25) is 4.79 Å². The maximum Gasteiger partial charge on any atom is 0.253 e. The van der Waals surface area contributed by atoms with E-state index in [1.54, 1.807) is 13.0 Å². The summed E-state index contributed by atoms with van der Waals surface area (Å²) in [6, 6.07) is 1.99.